The topological polar surface area (TPSA) is 51.9 Å². The van der Waals surface area contributed by atoms with Crippen molar-refractivity contribution >= 4 is 16.9 Å². The molecular weight excluding hydrogens is 282 g/mol. The number of carbonyl (C=O) groups excluding carboxylic acids is 1. The van der Waals surface area contributed by atoms with E-state index >= 15 is 0 Å². The molecule has 22 heavy (non-hydrogen) atoms. The Kier molecular flexibility index (Phi) is 4.07. The van der Waals surface area contributed by atoms with Crippen LogP contribution in [0.3, 0.4) is 0 Å². The molecule has 1 saturated heterocycles. The molecule has 0 radical (unpaired) electrons. The number of fused-ring (bicyclic) bond motifs is 1. The van der Waals surface area contributed by atoms with Crippen LogP contribution in [0.5, 0.6) is 5.75 Å². The largest absolute Gasteiger partial charge is 0.497 e. The maximum Gasteiger partial charge on any atom is 0.227 e. The minimum atomic E-state index is 0.0884. The van der Waals surface area contributed by atoms with Crippen molar-refractivity contribution in [2.75, 3.05) is 20.3 Å². The molecule has 0 saturated carbocycles. The van der Waals surface area contributed by atoms with Crippen LogP contribution in [-0.4, -0.2) is 43.2 Å². The van der Waals surface area contributed by atoms with Gasteiger partial charge in [0, 0.05) is 23.6 Å². The molecule has 2 atom stereocenters. The summed E-state index contributed by atoms with van der Waals surface area (Å²) in [5.41, 5.74) is 1.65. The standard InChI is InChI=1S/C17H21NO4/c1-11-9-21-12(2)8-18(11)17(19)6-13-10-22-16-7-14(20-3)4-5-15(13)16/h4-5,7,10-12H,6,8-9H2,1-3H3. The summed E-state index contributed by atoms with van der Waals surface area (Å²) in [5.74, 6) is 0.858. The number of furan rings is 1. The average Bonchev–Trinajstić information content (AvgIpc) is 2.91. The maximum absolute atomic E-state index is 12.6. The lowest BCUT2D eigenvalue weighted by molar-refractivity contribution is -0.142. The van der Waals surface area contributed by atoms with Crippen molar-refractivity contribution < 1.29 is 18.7 Å². The van der Waals surface area contributed by atoms with Gasteiger partial charge < -0.3 is 18.8 Å². The summed E-state index contributed by atoms with van der Waals surface area (Å²) in [5, 5.41) is 0.961. The number of rotatable bonds is 3. The van der Waals surface area contributed by atoms with Crippen molar-refractivity contribution in [1.82, 2.24) is 4.90 Å². The van der Waals surface area contributed by atoms with Crippen LogP contribution in [0.4, 0.5) is 0 Å². The molecule has 0 bridgehead atoms. The molecule has 2 heterocycles. The fourth-order valence-corrected chi connectivity index (χ4v) is 2.84. The van der Waals surface area contributed by atoms with Gasteiger partial charge in [0.1, 0.15) is 11.3 Å². The summed E-state index contributed by atoms with van der Waals surface area (Å²) in [7, 11) is 1.62. The van der Waals surface area contributed by atoms with Crippen LogP contribution in [-0.2, 0) is 16.0 Å². The molecule has 3 rings (SSSR count). The van der Waals surface area contributed by atoms with Crippen LogP contribution in [0.15, 0.2) is 28.9 Å². The number of amides is 1. The van der Waals surface area contributed by atoms with Gasteiger partial charge in [0.05, 0.1) is 38.5 Å². The molecule has 0 spiro atoms. The molecule has 5 nitrogen and oxygen atoms in total. The fourth-order valence-electron chi connectivity index (χ4n) is 2.84. The van der Waals surface area contributed by atoms with E-state index in [2.05, 4.69) is 0 Å². The molecule has 1 aromatic carbocycles. The molecule has 1 fully saturated rings. The number of morpholine rings is 1. The summed E-state index contributed by atoms with van der Waals surface area (Å²) in [6.45, 7) is 5.24. The average molecular weight is 303 g/mol. The highest BCUT2D eigenvalue weighted by Gasteiger charge is 2.28. The lowest BCUT2D eigenvalue weighted by Crippen LogP contribution is -2.50. The molecular formula is C17H21NO4. The molecule has 0 N–H and O–H groups in total. The monoisotopic (exact) mass is 303 g/mol. The minimum Gasteiger partial charge on any atom is -0.497 e. The van der Waals surface area contributed by atoms with Crippen LogP contribution in [0.2, 0.25) is 0 Å². The molecule has 2 aromatic rings. The smallest absolute Gasteiger partial charge is 0.227 e. The van der Waals surface area contributed by atoms with Crippen molar-refractivity contribution in [1.29, 1.82) is 0 Å². The summed E-state index contributed by atoms with van der Waals surface area (Å²) < 4.78 is 16.3. The molecule has 1 aromatic heterocycles. The van der Waals surface area contributed by atoms with E-state index in [1.54, 1.807) is 13.4 Å². The van der Waals surface area contributed by atoms with Gasteiger partial charge in [0.15, 0.2) is 0 Å². The quantitative estimate of drug-likeness (QED) is 0.874. The van der Waals surface area contributed by atoms with E-state index in [0.29, 0.717) is 19.6 Å². The normalized spacial score (nSPS) is 22.0. The van der Waals surface area contributed by atoms with E-state index < -0.39 is 0 Å². The van der Waals surface area contributed by atoms with Crippen LogP contribution in [0.1, 0.15) is 19.4 Å². The van der Waals surface area contributed by atoms with E-state index in [9.17, 15) is 4.79 Å². The van der Waals surface area contributed by atoms with E-state index in [1.165, 1.54) is 0 Å². The Labute approximate surface area is 129 Å². The van der Waals surface area contributed by atoms with Crippen molar-refractivity contribution in [2.45, 2.75) is 32.4 Å². The van der Waals surface area contributed by atoms with Gasteiger partial charge in [-0.05, 0) is 26.0 Å². The van der Waals surface area contributed by atoms with Crippen LogP contribution in [0.25, 0.3) is 11.0 Å². The summed E-state index contributed by atoms with van der Waals surface area (Å²) in [6, 6.07) is 5.77. The zero-order chi connectivity index (χ0) is 15.7. The van der Waals surface area contributed by atoms with Gasteiger partial charge >= 0.3 is 0 Å². The number of nitrogens with zero attached hydrogens (tertiary/aromatic N) is 1. The van der Waals surface area contributed by atoms with Crippen molar-refractivity contribution in [2.24, 2.45) is 0 Å². The van der Waals surface area contributed by atoms with Crippen LogP contribution in [0, 0.1) is 0 Å². The first kappa shape index (κ1) is 14.9. The van der Waals surface area contributed by atoms with E-state index in [1.807, 2.05) is 36.9 Å². The van der Waals surface area contributed by atoms with Crippen molar-refractivity contribution in [3.63, 3.8) is 0 Å². The van der Waals surface area contributed by atoms with Crippen LogP contribution >= 0.6 is 0 Å². The SMILES string of the molecule is COc1ccc2c(CC(=O)N3CC(C)OCC3C)coc2c1. The number of hydrogen-bond acceptors (Lipinski definition) is 4. The summed E-state index contributed by atoms with van der Waals surface area (Å²) >= 11 is 0. The first-order valence-corrected chi connectivity index (χ1v) is 7.53. The second kappa shape index (κ2) is 6.01. The predicted molar refractivity (Wildman–Crippen MR) is 83.1 cm³/mol. The Hall–Kier alpha value is -2.01. The molecule has 2 unspecified atom stereocenters. The third-order valence-corrected chi connectivity index (χ3v) is 4.13. The molecule has 0 aliphatic carbocycles. The number of benzene rings is 1. The predicted octanol–water partition coefficient (Wildman–Crippen LogP) is 2.62. The van der Waals surface area contributed by atoms with Gasteiger partial charge in [-0.15, -0.1) is 0 Å². The summed E-state index contributed by atoms with van der Waals surface area (Å²) in [4.78, 5) is 14.5. The Morgan fingerprint density at radius 3 is 3.00 bits per heavy atom. The second-order valence-electron chi connectivity index (χ2n) is 5.84. The van der Waals surface area contributed by atoms with E-state index in [0.717, 1.165) is 22.3 Å². The number of methoxy groups -OCH3 is 1. The van der Waals surface area contributed by atoms with Gasteiger partial charge in [-0.2, -0.15) is 0 Å². The highest BCUT2D eigenvalue weighted by molar-refractivity contribution is 5.88. The molecule has 5 heteroatoms. The number of carbonyl (C=O) groups is 1. The van der Waals surface area contributed by atoms with Gasteiger partial charge in [-0.1, -0.05) is 0 Å². The lowest BCUT2D eigenvalue weighted by atomic mass is 10.1. The Morgan fingerprint density at radius 2 is 2.23 bits per heavy atom. The number of hydrogen-bond donors (Lipinski definition) is 0. The fraction of sp³-hybridized carbons (Fsp3) is 0.471. The first-order valence-electron chi connectivity index (χ1n) is 7.53. The van der Waals surface area contributed by atoms with Gasteiger partial charge in [-0.25, -0.2) is 0 Å². The lowest BCUT2D eigenvalue weighted by Gasteiger charge is -2.36. The summed E-state index contributed by atoms with van der Waals surface area (Å²) in [6.07, 6.45) is 2.10. The zero-order valence-corrected chi connectivity index (χ0v) is 13.2. The van der Waals surface area contributed by atoms with Crippen LogP contribution < -0.4 is 4.74 Å². The molecule has 1 aliphatic heterocycles. The molecule has 1 amide bonds. The highest BCUT2D eigenvalue weighted by Crippen LogP contribution is 2.26. The first-order chi connectivity index (χ1) is 10.6. The van der Waals surface area contributed by atoms with E-state index in [-0.39, 0.29) is 18.1 Å². The molecule has 1 aliphatic rings. The third kappa shape index (κ3) is 2.81. The Morgan fingerprint density at radius 1 is 1.41 bits per heavy atom. The third-order valence-electron chi connectivity index (χ3n) is 4.13. The Balaban J connectivity index is 1.79. The number of ether oxygens (including phenoxy) is 2. The maximum atomic E-state index is 12.6. The highest BCUT2D eigenvalue weighted by atomic mass is 16.5. The van der Waals surface area contributed by atoms with Crippen molar-refractivity contribution in [3.8, 4) is 5.75 Å². The van der Waals surface area contributed by atoms with Crippen molar-refractivity contribution in [3.05, 3.63) is 30.0 Å². The van der Waals surface area contributed by atoms with E-state index in [4.69, 9.17) is 13.9 Å². The van der Waals surface area contributed by atoms with Gasteiger partial charge in [-0.3, -0.25) is 4.79 Å². The van der Waals surface area contributed by atoms with Gasteiger partial charge in [0.25, 0.3) is 0 Å². The van der Waals surface area contributed by atoms with Gasteiger partial charge in [0.2, 0.25) is 5.91 Å². The zero-order valence-electron chi connectivity index (χ0n) is 13.2. The second-order valence-corrected chi connectivity index (χ2v) is 5.84. The minimum absolute atomic E-state index is 0.0884. The molecule has 118 valence electrons. The Bertz CT molecular complexity index is 678.